The van der Waals surface area contributed by atoms with Crippen molar-refractivity contribution in [2.75, 3.05) is 4.90 Å². The highest BCUT2D eigenvalue weighted by Crippen LogP contribution is 2.35. The van der Waals surface area contributed by atoms with Gasteiger partial charge in [0.15, 0.2) is 0 Å². The van der Waals surface area contributed by atoms with Crippen LogP contribution in [0.3, 0.4) is 0 Å². The summed E-state index contributed by atoms with van der Waals surface area (Å²) >= 11 is 1.52. The van der Waals surface area contributed by atoms with Crippen molar-refractivity contribution in [2.45, 2.75) is 36.5 Å². The van der Waals surface area contributed by atoms with Crippen LogP contribution in [0.2, 0.25) is 0 Å². The van der Waals surface area contributed by atoms with Crippen molar-refractivity contribution < 1.29 is 9.90 Å². The number of carbonyl (C=O) groups is 1. The molecule has 0 fully saturated rings. The minimum atomic E-state index is -0.168. The summed E-state index contributed by atoms with van der Waals surface area (Å²) in [6, 6.07) is 15.3. The molecule has 0 spiro atoms. The van der Waals surface area contributed by atoms with Gasteiger partial charge in [-0.1, -0.05) is 18.2 Å². The molecule has 1 aliphatic rings. The first-order valence-electron chi connectivity index (χ1n) is 7.43. The van der Waals surface area contributed by atoms with E-state index in [9.17, 15) is 9.90 Å². The molecule has 0 aromatic heterocycles. The van der Waals surface area contributed by atoms with Gasteiger partial charge in [0.2, 0.25) is 5.91 Å². The highest BCUT2D eigenvalue weighted by atomic mass is 32.2. The maximum atomic E-state index is 12.8. The molecule has 0 saturated heterocycles. The van der Waals surface area contributed by atoms with Gasteiger partial charge in [-0.2, -0.15) is 0 Å². The second-order valence-electron chi connectivity index (χ2n) is 5.64. The lowest BCUT2D eigenvalue weighted by Crippen LogP contribution is -2.40. The van der Waals surface area contributed by atoms with E-state index in [1.807, 2.05) is 42.2 Å². The Kier molecular flexibility index (Phi) is 4.12. The molecular weight excluding hydrogens is 294 g/mol. The molecular formula is C18H19NO2S. The lowest BCUT2D eigenvalue weighted by molar-refractivity contribution is -0.118. The van der Waals surface area contributed by atoms with Crippen LogP contribution in [0.15, 0.2) is 53.4 Å². The third-order valence-corrected chi connectivity index (χ3v) is 5.04. The monoisotopic (exact) mass is 313 g/mol. The van der Waals surface area contributed by atoms with Gasteiger partial charge < -0.3 is 10.0 Å². The van der Waals surface area contributed by atoms with Crippen LogP contribution in [0.4, 0.5) is 5.69 Å². The van der Waals surface area contributed by atoms with E-state index in [4.69, 9.17) is 0 Å². The van der Waals surface area contributed by atoms with E-state index in [2.05, 4.69) is 13.0 Å². The fourth-order valence-electron chi connectivity index (χ4n) is 2.88. The number of fused-ring (bicyclic) bond motifs is 1. The third kappa shape index (κ3) is 2.83. The summed E-state index contributed by atoms with van der Waals surface area (Å²) in [6.07, 6.45) is 0.915. The molecule has 0 radical (unpaired) electrons. The molecule has 22 heavy (non-hydrogen) atoms. The average molecular weight is 313 g/mol. The van der Waals surface area contributed by atoms with Crippen molar-refractivity contribution in [3.63, 3.8) is 0 Å². The number of hydrogen-bond acceptors (Lipinski definition) is 3. The van der Waals surface area contributed by atoms with Crippen LogP contribution >= 0.6 is 11.8 Å². The third-order valence-electron chi connectivity index (χ3n) is 3.94. The molecule has 0 bridgehead atoms. The maximum absolute atomic E-state index is 12.8. The molecule has 2 aromatic carbocycles. The van der Waals surface area contributed by atoms with Crippen molar-refractivity contribution >= 4 is 23.4 Å². The van der Waals surface area contributed by atoms with E-state index < -0.39 is 0 Å². The number of carbonyl (C=O) groups excluding carboxylic acids is 1. The molecule has 1 aliphatic heterocycles. The Labute approximate surface area is 135 Å². The zero-order chi connectivity index (χ0) is 15.7. The van der Waals surface area contributed by atoms with Gasteiger partial charge >= 0.3 is 0 Å². The second kappa shape index (κ2) is 6.05. The highest BCUT2D eigenvalue weighted by molar-refractivity contribution is 8.00. The van der Waals surface area contributed by atoms with Crippen LogP contribution in [0.5, 0.6) is 5.75 Å². The van der Waals surface area contributed by atoms with Gasteiger partial charge in [0, 0.05) is 16.6 Å². The van der Waals surface area contributed by atoms with E-state index >= 15 is 0 Å². The van der Waals surface area contributed by atoms with Gasteiger partial charge in [0.1, 0.15) is 5.75 Å². The first-order chi connectivity index (χ1) is 10.6. The first-order valence-corrected chi connectivity index (χ1v) is 8.31. The highest BCUT2D eigenvalue weighted by Gasteiger charge is 2.33. The Morgan fingerprint density at radius 1 is 1.23 bits per heavy atom. The smallest absolute Gasteiger partial charge is 0.240 e. The Morgan fingerprint density at radius 2 is 1.91 bits per heavy atom. The number of phenolic OH excluding ortho intramolecular Hbond substituents is 1. The Morgan fingerprint density at radius 3 is 2.64 bits per heavy atom. The van der Waals surface area contributed by atoms with Crippen LogP contribution in [0, 0.1) is 0 Å². The lowest BCUT2D eigenvalue weighted by atomic mass is 10.1. The Balaban J connectivity index is 1.77. The Hall–Kier alpha value is -1.94. The molecule has 1 heterocycles. The predicted molar refractivity (Wildman–Crippen MR) is 90.5 cm³/mol. The van der Waals surface area contributed by atoms with Gasteiger partial charge in [-0.05, 0) is 56.2 Å². The molecule has 3 nitrogen and oxygen atoms in total. The standard InChI is InChI=1S/C18H19NO2S/c1-12-11-14-5-3-4-6-17(14)19(12)18(21)13(2)22-16-9-7-15(20)8-10-16/h3-10,12-13,20H,11H2,1-2H3. The van der Waals surface area contributed by atoms with Crippen molar-refractivity contribution in [3.8, 4) is 5.75 Å². The Bertz CT molecular complexity index is 684. The molecule has 1 amide bonds. The number of hydrogen-bond donors (Lipinski definition) is 1. The van der Waals surface area contributed by atoms with Crippen LogP contribution in [0.1, 0.15) is 19.4 Å². The van der Waals surface area contributed by atoms with E-state index in [0.717, 1.165) is 17.0 Å². The largest absolute Gasteiger partial charge is 0.508 e. The molecule has 114 valence electrons. The van der Waals surface area contributed by atoms with E-state index in [0.29, 0.717) is 0 Å². The maximum Gasteiger partial charge on any atom is 0.240 e. The number of amides is 1. The van der Waals surface area contributed by atoms with E-state index in [-0.39, 0.29) is 22.9 Å². The molecule has 4 heteroatoms. The summed E-state index contributed by atoms with van der Waals surface area (Å²) in [7, 11) is 0. The number of anilines is 1. The van der Waals surface area contributed by atoms with Crippen molar-refractivity contribution in [2.24, 2.45) is 0 Å². The molecule has 2 unspecified atom stereocenters. The summed E-state index contributed by atoms with van der Waals surface area (Å²) < 4.78 is 0. The molecule has 3 rings (SSSR count). The van der Waals surface area contributed by atoms with Gasteiger partial charge in [-0.25, -0.2) is 0 Å². The summed E-state index contributed by atoms with van der Waals surface area (Å²) in [5, 5.41) is 9.16. The van der Waals surface area contributed by atoms with Gasteiger partial charge in [-0.15, -0.1) is 11.8 Å². The first kappa shape index (κ1) is 15.0. The van der Waals surface area contributed by atoms with Crippen molar-refractivity contribution in [1.82, 2.24) is 0 Å². The van der Waals surface area contributed by atoms with Crippen molar-refractivity contribution in [1.29, 1.82) is 0 Å². The molecule has 2 atom stereocenters. The van der Waals surface area contributed by atoms with Gasteiger partial charge in [-0.3, -0.25) is 4.79 Å². The summed E-state index contributed by atoms with van der Waals surface area (Å²) in [5.41, 5.74) is 2.28. The minimum Gasteiger partial charge on any atom is -0.508 e. The molecule has 0 saturated carbocycles. The van der Waals surface area contributed by atoms with E-state index in [1.54, 1.807) is 12.1 Å². The average Bonchev–Trinajstić information content (AvgIpc) is 2.84. The summed E-state index contributed by atoms with van der Waals surface area (Å²) in [5.74, 6) is 0.376. The number of aromatic hydroxyl groups is 1. The number of nitrogens with zero attached hydrogens (tertiary/aromatic N) is 1. The summed E-state index contributed by atoms with van der Waals surface area (Å²) in [4.78, 5) is 15.8. The minimum absolute atomic E-state index is 0.135. The van der Waals surface area contributed by atoms with Crippen LogP contribution in [0.25, 0.3) is 0 Å². The number of rotatable bonds is 3. The van der Waals surface area contributed by atoms with Crippen molar-refractivity contribution in [3.05, 3.63) is 54.1 Å². The number of benzene rings is 2. The SMILES string of the molecule is CC(Sc1ccc(O)cc1)C(=O)N1c2ccccc2CC1C. The van der Waals surface area contributed by atoms with Crippen LogP contribution in [-0.2, 0) is 11.2 Å². The lowest BCUT2D eigenvalue weighted by Gasteiger charge is -2.25. The predicted octanol–water partition coefficient (Wildman–Crippen LogP) is 3.85. The van der Waals surface area contributed by atoms with Gasteiger partial charge in [0.05, 0.1) is 5.25 Å². The normalized spacial score (nSPS) is 18.1. The van der Waals surface area contributed by atoms with E-state index in [1.165, 1.54) is 17.3 Å². The molecule has 2 aromatic rings. The van der Waals surface area contributed by atoms with Crippen LogP contribution < -0.4 is 4.90 Å². The van der Waals surface area contributed by atoms with Gasteiger partial charge in [0.25, 0.3) is 0 Å². The number of phenols is 1. The molecule has 0 aliphatic carbocycles. The number of thioether (sulfide) groups is 1. The summed E-state index contributed by atoms with van der Waals surface area (Å²) in [6.45, 7) is 4.03. The number of para-hydroxylation sites is 1. The fourth-order valence-corrected chi connectivity index (χ4v) is 3.79. The zero-order valence-corrected chi connectivity index (χ0v) is 13.5. The topological polar surface area (TPSA) is 40.5 Å². The van der Waals surface area contributed by atoms with Crippen LogP contribution in [-0.4, -0.2) is 22.3 Å². The second-order valence-corrected chi connectivity index (χ2v) is 7.06. The fraction of sp³-hybridized carbons (Fsp3) is 0.278. The zero-order valence-electron chi connectivity index (χ0n) is 12.7. The molecule has 1 N–H and O–H groups in total. The quantitative estimate of drug-likeness (QED) is 0.875.